The lowest BCUT2D eigenvalue weighted by molar-refractivity contribution is 0.0618. The minimum atomic E-state index is -0.175. The summed E-state index contributed by atoms with van der Waals surface area (Å²) in [6.07, 6.45) is 3.93. The lowest BCUT2D eigenvalue weighted by Crippen LogP contribution is -2.48. The molecule has 1 unspecified atom stereocenters. The van der Waals surface area contributed by atoms with Gasteiger partial charge in [-0.05, 0) is 43.7 Å². The highest BCUT2D eigenvalue weighted by molar-refractivity contribution is 7.15. The van der Waals surface area contributed by atoms with Crippen LogP contribution in [0.1, 0.15) is 50.1 Å². The lowest BCUT2D eigenvalue weighted by atomic mass is 10.1. The number of nitrogens with zero attached hydrogens (tertiary/aromatic N) is 4. The maximum atomic E-state index is 14.3. The monoisotopic (exact) mass is 555 g/mol. The number of carbonyl (C=O) groups excluding carboxylic acids is 2. The van der Waals surface area contributed by atoms with E-state index >= 15 is 0 Å². The summed E-state index contributed by atoms with van der Waals surface area (Å²) in [5.74, 6) is 0.0465. The van der Waals surface area contributed by atoms with Crippen LogP contribution < -0.4 is 5.32 Å². The van der Waals surface area contributed by atoms with Gasteiger partial charge in [-0.2, -0.15) is 0 Å². The van der Waals surface area contributed by atoms with Gasteiger partial charge in [0.1, 0.15) is 11.4 Å². The number of carbonyl (C=O) groups is 2. The Labute approximate surface area is 235 Å². The summed E-state index contributed by atoms with van der Waals surface area (Å²) in [6, 6.07) is 19.8. The fourth-order valence-electron chi connectivity index (χ4n) is 5.07. The zero-order valence-electron chi connectivity index (χ0n) is 21.8. The van der Waals surface area contributed by atoms with Gasteiger partial charge in [0.2, 0.25) is 0 Å². The SMILES string of the molecule is Cc1nc(C(=O)N(Cc2ccccc2)C(CNC(=O)c2c(C)nc3sccn23)C2CC2)c(-c2ccccc2)s1. The molecule has 1 fully saturated rings. The minimum absolute atomic E-state index is 0.103. The Kier molecular flexibility index (Phi) is 7.01. The number of imidazole rings is 1. The molecule has 5 aromatic rings. The Bertz CT molecular complexity index is 1620. The number of thiazole rings is 2. The van der Waals surface area contributed by atoms with E-state index in [1.807, 2.05) is 95.4 Å². The average molecular weight is 556 g/mol. The molecule has 0 spiro atoms. The molecule has 9 heteroatoms. The van der Waals surface area contributed by atoms with Crippen LogP contribution >= 0.6 is 22.7 Å². The quantitative estimate of drug-likeness (QED) is 0.242. The van der Waals surface area contributed by atoms with E-state index in [-0.39, 0.29) is 17.9 Å². The molecule has 3 heterocycles. The highest BCUT2D eigenvalue weighted by atomic mass is 32.1. The van der Waals surface area contributed by atoms with Crippen molar-refractivity contribution in [3.63, 3.8) is 0 Å². The molecule has 2 amide bonds. The van der Waals surface area contributed by atoms with Gasteiger partial charge in [0.05, 0.1) is 21.6 Å². The van der Waals surface area contributed by atoms with Crippen LogP contribution in [0.15, 0.2) is 72.2 Å². The van der Waals surface area contributed by atoms with E-state index in [0.29, 0.717) is 36.1 Å². The number of hydrogen-bond donors (Lipinski definition) is 1. The molecule has 0 saturated heterocycles. The Morgan fingerprint density at radius 2 is 1.77 bits per heavy atom. The maximum Gasteiger partial charge on any atom is 0.274 e. The van der Waals surface area contributed by atoms with Gasteiger partial charge in [0.15, 0.2) is 4.96 Å². The number of nitrogens with one attached hydrogen (secondary N) is 1. The highest BCUT2D eigenvalue weighted by Crippen LogP contribution is 2.38. The van der Waals surface area contributed by atoms with Crippen LogP contribution in [0.4, 0.5) is 0 Å². The predicted molar refractivity (Wildman–Crippen MR) is 155 cm³/mol. The second-order valence-corrected chi connectivity index (χ2v) is 12.0. The molecule has 3 aromatic heterocycles. The van der Waals surface area contributed by atoms with Crippen molar-refractivity contribution in [2.45, 2.75) is 39.3 Å². The summed E-state index contributed by atoms with van der Waals surface area (Å²) in [7, 11) is 0. The van der Waals surface area contributed by atoms with Crippen LogP contribution in [-0.4, -0.2) is 43.7 Å². The van der Waals surface area contributed by atoms with Gasteiger partial charge in [0, 0.05) is 24.7 Å². The molecule has 2 aromatic carbocycles. The number of aryl methyl sites for hydroxylation is 2. The molecule has 0 bridgehead atoms. The number of hydrogen-bond acceptors (Lipinski definition) is 6. The summed E-state index contributed by atoms with van der Waals surface area (Å²) in [5.41, 5.74) is 3.75. The highest BCUT2D eigenvalue weighted by Gasteiger charge is 2.39. The first-order valence-corrected chi connectivity index (χ1v) is 14.8. The van der Waals surface area contributed by atoms with Crippen LogP contribution in [0, 0.1) is 19.8 Å². The van der Waals surface area contributed by atoms with E-state index in [0.717, 1.165) is 38.8 Å². The van der Waals surface area contributed by atoms with E-state index in [1.165, 1.54) is 22.7 Å². The van der Waals surface area contributed by atoms with E-state index in [4.69, 9.17) is 4.98 Å². The van der Waals surface area contributed by atoms with Gasteiger partial charge < -0.3 is 10.2 Å². The number of rotatable bonds is 9. The van der Waals surface area contributed by atoms with Crippen LogP contribution in [0.3, 0.4) is 0 Å². The van der Waals surface area contributed by atoms with Crippen molar-refractivity contribution in [1.82, 2.24) is 24.6 Å². The molecule has 1 saturated carbocycles. The zero-order chi connectivity index (χ0) is 26.9. The smallest absolute Gasteiger partial charge is 0.274 e. The first kappa shape index (κ1) is 25.5. The number of aromatic nitrogens is 3. The Hall–Kier alpha value is -3.82. The molecule has 7 nitrogen and oxygen atoms in total. The van der Waals surface area contributed by atoms with Gasteiger partial charge in [-0.15, -0.1) is 22.7 Å². The molecule has 1 aliphatic rings. The van der Waals surface area contributed by atoms with Gasteiger partial charge in [-0.1, -0.05) is 60.7 Å². The molecule has 1 aliphatic carbocycles. The van der Waals surface area contributed by atoms with Crippen LogP contribution in [0.25, 0.3) is 15.4 Å². The molecular formula is C30H29N5O2S2. The third kappa shape index (κ3) is 5.24. The van der Waals surface area contributed by atoms with Crippen LogP contribution in [0.5, 0.6) is 0 Å². The van der Waals surface area contributed by atoms with Crippen molar-refractivity contribution in [1.29, 1.82) is 0 Å². The third-order valence-electron chi connectivity index (χ3n) is 7.12. The first-order valence-electron chi connectivity index (χ1n) is 13.1. The third-order valence-corrected chi connectivity index (χ3v) is 8.90. The summed E-state index contributed by atoms with van der Waals surface area (Å²) in [4.78, 5) is 40.5. The fraction of sp³-hybridized carbons (Fsp3) is 0.267. The van der Waals surface area contributed by atoms with Crippen molar-refractivity contribution in [2.24, 2.45) is 5.92 Å². The summed E-state index contributed by atoms with van der Waals surface area (Å²) >= 11 is 3.04. The molecular weight excluding hydrogens is 526 g/mol. The molecule has 1 atom stereocenters. The van der Waals surface area contributed by atoms with Crippen LogP contribution in [0.2, 0.25) is 0 Å². The van der Waals surface area contributed by atoms with E-state index in [2.05, 4.69) is 10.3 Å². The summed E-state index contributed by atoms with van der Waals surface area (Å²) in [6.45, 7) is 4.60. The minimum Gasteiger partial charge on any atom is -0.349 e. The average Bonchev–Trinajstić information content (AvgIpc) is 3.43. The lowest BCUT2D eigenvalue weighted by Gasteiger charge is -2.32. The van der Waals surface area contributed by atoms with E-state index in [9.17, 15) is 9.59 Å². The molecule has 1 N–H and O–H groups in total. The number of fused-ring (bicyclic) bond motifs is 1. The molecule has 0 radical (unpaired) electrons. The predicted octanol–water partition coefficient (Wildman–Crippen LogP) is 5.99. The van der Waals surface area contributed by atoms with E-state index < -0.39 is 0 Å². The second-order valence-electron chi connectivity index (χ2n) is 9.91. The van der Waals surface area contributed by atoms with Crippen molar-refractivity contribution < 1.29 is 9.59 Å². The van der Waals surface area contributed by atoms with Gasteiger partial charge in [-0.25, -0.2) is 9.97 Å². The molecule has 39 heavy (non-hydrogen) atoms. The fourth-order valence-corrected chi connectivity index (χ4v) is 6.75. The normalized spacial score (nSPS) is 13.9. The molecule has 0 aliphatic heterocycles. The molecule has 198 valence electrons. The van der Waals surface area contributed by atoms with Crippen molar-refractivity contribution in [2.75, 3.05) is 6.54 Å². The maximum absolute atomic E-state index is 14.3. The van der Waals surface area contributed by atoms with E-state index in [1.54, 1.807) is 0 Å². The number of benzene rings is 2. The second kappa shape index (κ2) is 10.7. The standard InChI is InChI=1S/C30H29N5O2S2/c1-19-26(34-15-16-38-30(34)32-19)28(36)31-17-24(22-13-14-22)35(18-21-9-5-3-6-10-21)29(37)25-27(39-20(2)33-25)23-11-7-4-8-12-23/h3-12,15-16,22,24H,13-14,17-18H2,1-2H3,(H,31,36). The summed E-state index contributed by atoms with van der Waals surface area (Å²) < 4.78 is 1.83. The van der Waals surface area contributed by atoms with Gasteiger partial charge >= 0.3 is 0 Å². The topological polar surface area (TPSA) is 79.6 Å². The van der Waals surface area contributed by atoms with Crippen molar-refractivity contribution >= 4 is 39.4 Å². The number of amides is 2. The van der Waals surface area contributed by atoms with Crippen molar-refractivity contribution in [3.8, 4) is 10.4 Å². The zero-order valence-corrected chi connectivity index (χ0v) is 23.5. The summed E-state index contributed by atoms with van der Waals surface area (Å²) in [5, 5.41) is 5.92. The first-order chi connectivity index (χ1) is 19.0. The van der Waals surface area contributed by atoms with Crippen molar-refractivity contribution in [3.05, 3.63) is 99.9 Å². The largest absolute Gasteiger partial charge is 0.349 e. The van der Waals surface area contributed by atoms with Gasteiger partial charge in [-0.3, -0.25) is 14.0 Å². The molecule has 6 rings (SSSR count). The Morgan fingerprint density at radius 1 is 1.05 bits per heavy atom. The van der Waals surface area contributed by atoms with Gasteiger partial charge in [0.25, 0.3) is 11.8 Å². The Balaban J connectivity index is 1.32. The Morgan fingerprint density at radius 3 is 2.49 bits per heavy atom. The van der Waals surface area contributed by atoms with Crippen LogP contribution in [-0.2, 0) is 6.54 Å².